The number of carbonyl (C=O) groups excluding carboxylic acids is 2. The van der Waals surface area contributed by atoms with Crippen molar-refractivity contribution in [2.24, 2.45) is 0 Å². The van der Waals surface area contributed by atoms with Crippen LogP contribution < -0.4 is 14.4 Å². The third kappa shape index (κ3) is 8.86. The van der Waals surface area contributed by atoms with Gasteiger partial charge in [0.25, 0.3) is 0 Å². The zero-order valence-corrected chi connectivity index (χ0v) is 22.6. The van der Waals surface area contributed by atoms with Gasteiger partial charge in [-0.25, -0.2) is 8.42 Å². The Morgan fingerprint density at radius 3 is 2.22 bits per heavy atom. The average molecular weight is 518 g/mol. The van der Waals surface area contributed by atoms with Gasteiger partial charge >= 0.3 is 0 Å². The van der Waals surface area contributed by atoms with Crippen molar-refractivity contribution >= 4 is 27.5 Å². The quantitative estimate of drug-likeness (QED) is 0.389. The number of hydrogen-bond donors (Lipinski definition) is 1. The normalized spacial score (nSPS) is 12.0. The lowest BCUT2D eigenvalue weighted by Gasteiger charge is -2.31. The van der Waals surface area contributed by atoms with Crippen LogP contribution in [0, 0.1) is 0 Å². The number of methoxy groups -OCH3 is 1. The van der Waals surface area contributed by atoms with Crippen LogP contribution in [0.5, 0.6) is 5.75 Å². The summed E-state index contributed by atoms with van der Waals surface area (Å²) in [4.78, 5) is 27.8. The van der Waals surface area contributed by atoms with Crippen molar-refractivity contribution in [1.82, 2.24) is 10.2 Å². The van der Waals surface area contributed by atoms with E-state index in [0.29, 0.717) is 43.8 Å². The molecule has 0 saturated carbocycles. The van der Waals surface area contributed by atoms with Gasteiger partial charge < -0.3 is 15.0 Å². The van der Waals surface area contributed by atoms with E-state index in [1.165, 1.54) is 4.31 Å². The lowest BCUT2D eigenvalue weighted by atomic mass is 10.1. The van der Waals surface area contributed by atoms with E-state index in [2.05, 4.69) is 5.32 Å². The van der Waals surface area contributed by atoms with Gasteiger partial charge in [-0.15, -0.1) is 0 Å². The van der Waals surface area contributed by atoms with Gasteiger partial charge in [-0.05, 0) is 55.5 Å². The minimum atomic E-state index is -3.54. The fraction of sp³-hybridized carbons (Fsp3) is 0.481. The second-order valence-electron chi connectivity index (χ2n) is 8.67. The number of nitrogens with zero attached hydrogens (tertiary/aromatic N) is 2. The van der Waals surface area contributed by atoms with Crippen LogP contribution in [0.3, 0.4) is 0 Å². The first-order chi connectivity index (χ1) is 17.2. The molecule has 0 bridgehead atoms. The molecular formula is C27H39N3O5S. The lowest BCUT2D eigenvalue weighted by molar-refractivity contribution is -0.140. The third-order valence-corrected chi connectivity index (χ3v) is 7.13. The Hall–Kier alpha value is -3.07. The van der Waals surface area contributed by atoms with Crippen molar-refractivity contribution in [3.8, 4) is 5.75 Å². The van der Waals surface area contributed by atoms with Crippen molar-refractivity contribution in [3.05, 3.63) is 60.2 Å². The molecule has 0 heterocycles. The first-order valence-corrected chi connectivity index (χ1v) is 14.3. The Kier molecular flexibility index (Phi) is 11.7. The topological polar surface area (TPSA) is 96.0 Å². The van der Waals surface area contributed by atoms with Crippen LogP contribution in [0.1, 0.15) is 45.1 Å². The molecule has 0 aliphatic rings. The molecule has 9 heteroatoms. The van der Waals surface area contributed by atoms with Crippen molar-refractivity contribution in [2.75, 3.05) is 37.3 Å². The molecule has 0 radical (unpaired) electrons. The van der Waals surface area contributed by atoms with Crippen molar-refractivity contribution in [3.63, 3.8) is 0 Å². The van der Waals surface area contributed by atoms with E-state index in [0.717, 1.165) is 18.2 Å². The van der Waals surface area contributed by atoms with Crippen LogP contribution in [0.15, 0.2) is 54.6 Å². The minimum Gasteiger partial charge on any atom is -0.497 e. The fourth-order valence-electron chi connectivity index (χ4n) is 4.01. The summed E-state index contributed by atoms with van der Waals surface area (Å²) >= 11 is 0. The molecule has 2 rings (SSSR count). The summed E-state index contributed by atoms with van der Waals surface area (Å²) in [6.07, 6.45) is 3.55. The standard InChI is InChI=1S/C27H39N3O5S/c1-5-19-28-27(32)25(6-2)29(21-18-22-11-8-7-9-12-22)26(31)13-10-20-30(36(4,33)34)23-14-16-24(35-3)17-15-23/h7-9,11-12,14-17,25H,5-6,10,13,18-21H2,1-4H3,(H,28,32)/t25-/m0/s1. The molecule has 0 fully saturated rings. The Balaban J connectivity index is 2.13. The number of sulfonamides is 1. The highest BCUT2D eigenvalue weighted by Crippen LogP contribution is 2.22. The number of carbonyl (C=O) groups is 2. The maximum Gasteiger partial charge on any atom is 0.242 e. The SMILES string of the molecule is CCCNC(=O)[C@H](CC)N(CCc1ccccc1)C(=O)CCCN(c1ccc(OC)cc1)S(C)(=O)=O. The summed E-state index contributed by atoms with van der Waals surface area (Å²) in [7, 11) is -2.00. The molecule has 36 heavy (non-hydrogen) atoms. The number of ether oxygens (including phenoxy) is 1. The van der Waals surface area contributed by atoms with Crippen molar-refractivity contribution < 1.29 is 22.7 Å². The molecule has 0 aliphatic heterocycles. The molecule has 0 aliphatic carbocycles. The second-order valence-corrected chi connectivity index (χ2v) is 10.6. The highest BCUT2D eigenvalue weighted by molar-refractivity contribution is 7.92. The van der Waals surface area contributed by atoms with Gasteiger partial charge in [0.1, 0.15) is 11.8 Å². The summed E-state index contributed by atoms with van der Waals surface area (Å²) in [5.74, 6) is 0.313. The predicted molar refractivity (Wildman–Crippen MR) is 144 cm³/mol. The molecule has 2 aromatic carbocycles. The van der Waals surface area contributed by atoms with Gasteiger partial charge in [0.15, 0.2) is 0 Å². The molecule has 1 N–H and O–H groups in total. The first kappa shape index (κ1) is 29.2. The lowest BCUT2D eigenvalue weighted by Crippen LogP contribution is -2.50. The van der Waals surface area contributed by atoms with E-state index < -0.39 is 16.1 Å². The number of nitrogens with one attached hydrogen (secondary N) is 1. The molecule has 8 nitrogen and oxygen atoms in total. The van der Waals surface area contributed by atoms with Gasteiger partial charge in [0.05, 0.1) is 19.1 Å². The van der Waals surface area contributed by atoms with E-state index >= 15 is 0 Å². The number of rotatable bonds is 15. The molecule has 2 aromatic rings. The molecule has 0 unspecified atom stereocenters. The van der Waals surface area contributed by atoms with Gasteiger partial charge in [0.2, 0.25) is 21.8 Å². The van der Waals surface area contributed by atoms with Crippen LogP contribution in [0.4, 0.5) is 5.69 Å². The second kappa shape index (κ2) is 14.5. The van der Waals surface area contributed by atoms with Crippen LogP contribution in [-0.2, 0) is 26.0 Å². The van der Waals surface area contributed by atoms with Crippen molar-refractivity contribution in [1.29, 1.82) is 0 Å². The largest absolute Gasteiger partial charge is 0.497 e. The smallest absolute Gasteiger partial charge is 0.242 e. The zero-order valence-electron chi connectivity index (χ0n) is 21.8. The summed E-state index contributed by atoms with van der Waals surface area (Å²) in [6, 6.07) is 16.0. The van der Waals surface area contributed by atoms with E-state index in [1.54, 1.807) is 36.3 Å². The number of amides is 2. The molecule has 0 saturated heterocycles. The molecule has 198 valence electrons. The van der Waals surface area contributed by atoms with Crippen molar-refractivity contribution in [2.45, 2.75) is 52.0 Å². The monoisotopic (exact) mass is 517 g/mol. The van der Waals surface area contributed by atoms with Gasteiger partial charge in [-0.1, -0.05) is 44.2 Å². The maximum atomic E-state index is 13.4. The molecule has 0 spiro atoms. The first-order valence-electron chi connectivity index (χ1n) is 12.4. The van der Waals surface area contributed by atoms with Gasteiger partial charge in [0, 0.05) is 26.1 Å². The van der Waals surface area contributed by atoms with E-state index in [4.69, 9.17) is 4.74 Å². The number of anilines is 1. The summed E-state index contributed by atoms with van der Waals surface area (Å²) < 4.78 is 31.3. The Labute approximate surface area is 215 Å². The van der Waals surface area contributed by atoms with E-state index in [-0.39, 0.29) is 24.8 Å². The van der Waals surface area contributed by atoms with E-state index in [1.807, 2.05) is 44.2 Å². The third-order valence-electron chi connectivity index (χ3n) is 5.93. The maximum absolute atomic E-state index is 13.4. The number of benzene rings is 2. The Bertz CT molecular complexity index is 1060. The van der Waals surface area contributed by atoms with Crippen LogP contribution in [0.2, 0.25) is 0 Å². The summed E-state index contributed by atoms with van der Waals surface area (Å²) in [5.41, 5.74) is 1.60. The van der Waals surface area contributed by atoms with Crippen LogP contribution >= 0.6 is 0 Å². The average Bonchev–Trinajstić information content (AvgIpc) is 2.87. The number of hydrogen-bond acceptors (Lipinski definition) is 5. The van der Waals surface area contributed by atoms with Crippen LogP contribution in [-0.4, -0.2) is 64.2 Å². The molecular weight excluding hydrogens is 478 g/mol. The summed E-state index contributed by atoms with van der Waals surface area (Å²) in [5, 5.41) is 2.91. The fourth-order valence-corrected chi connectivity index (χ4v) is 4.98. The highest BCUT2D eigenvalue weighted by atomic mass is 32.2. The molecule has 2 amide bonds. The predicted octanol–water partition coefficient (Wildman–Crippen LogP) is 3.62. The molecule has 0 aromatic heterocycles. The Morgan fingerprint density at radius 1 is 1.00 bits per heavy atom. The van der Waals surface area contributed by atoms with Gasteiger partial charge in [-0.2, -0.15) is 0 Å². The zero-order chi connectivity index (χ0) is 26.6. The highest BCUT2D eigenvalue weighted by Gasteiger charge is 2.28. The summed E-state index contributed by atoms with van der Waals surface area (Å²) in [6.45, 7) is 5.00. The van der Waals surface area contributed by atoms with Gasteiger partial charge in [-0.3, -0.25) is 13.9 Å². The Morgan fingerprint density at radius 2 is 1.67 bits per heavy atom. The minimum absolute atomic E-state index is 0.133. The molecule has 1 atom stereocenters. The van der Waals surface area contributed by atoms with E-state index in [9.17, 15) is 18.0 Å². The van der Waals surface area contributed by atoms with Crippen LogP contribution in [0.25, 0.3) is 0 Å².